The smallest absolute Gasteiger partial charge is 0.227 e. The summed E-state index contributed by atoms with van der Waals surface area (Å²) in [5.74, 6) is 0.675. The molecular weight excluding hydrogens is 204 g/mol. The molecule has 0 aliphatic rings. The number of fused-ring (bicyclic) bond motifs is 1. The second kappa shape index (κ2) is 4.05. The number of nitrogens with two attached hydrogens (primary N) is 1. The first-order valence-electron chi connectivity index (χ1n) is 5.20. The molecule has 0 bridgehead atoms. The van der Waals surface area contributed by atoms with Crippen LogP contribution >= 0.6 is 0 Å². The van der Waals surface area contributed by atoms with Gasteiger partial charge in [-0.05, 0) is 6.92 Å². The lowest BCUT2D eigenvalue weighted by Gasteiger charge is -2.16. The van der Waals surface area contributed by atoms with E-state index in [0.29, 0.717) is 12.5 Å². The van der Waals surface area contributed by atoms with Crippen LogP contribution in [-0.4, -0.2) is 39.7 Å². The van der Waals surface area contributed by atoms with E-state index in [9.17, 15) is 0 Å². The van der Waals surface area contributed by atoms with Crippen molar-refractivity contribution in [2.75, 3.05) is 25.0 Å². The van der Waals surface area contributed by atoms with Crippen LogP contribution in [-0.2, 0) is 7.05 Å². The Morgan fingerprint density at radius 2 is 2.19 bits per heavy atom. The first kappa shape index (κ1) is 10.8. The van der Waals surface area contributed by atoms with E-state index in [4.69, 9.17) is 5.73 Å². The molecule has 0 saturated carbocycles. The molecule has 0 atom stereocenters. The summed E-state index contributed by atoms with van der Waals surface area (Å²) in [5.41, 5.74) is 8.15. The van der Waals surface area contributed by atoms with E-state index >= 15 is 0 Å². The zero-order valence-corrected chi connectivity index (χ0v) is 9.80. The van der Waals surface area contributed by atoms with Gasteiger partial charge in [0.25, 0.3) is 0 Å². The van der Waals surface area contributed by atoms with Crippen LogP contribution < -0.4 is 10.6 Å². The molecule has 0 radical (unpaired) electrons. The third-order valence-electron chi connectivity index (χ3n) is 2.54. The molecule has 0 fully saturated rings. The van der Waals surface area contributed by atoms with E-state index in [2.05, 4.69) is 15.0 Å². The van der Waals surface area contributed by atoms with Crippen molar-refractivity contribution in [1.29, 1.82) is 0 Å². The molecule has 6 nitrogen and oxygen atoms in total. The van der Waals surface area contributed by atoms with Crippen LogP contribution in [0.15, 0.2) is 6.33 Å². The summed E-state index contributed by atoms with van der Waals surface area (Å²) in [6.07, 6.45) is 1.75. The minimum absolute atomic E-state index is 0.583. The monoisotopic (exact) mass is 220 g/mol. The molecule has 0 spiro atoms. The Labute approximate surface area is 94.1 Å². The maximum atomic E-state index is 5.50. The van der Waals surface area contributed by atoms with Crippen LogP contribution in [0, 0.1) is 6.92 Å². The van der Waals surface area contributed by atoms with Gasteiger partial charge in [-0.1, -0.05) is 0 Å². The molecule has 2 aromatic rings. The van der Waals surface area contributed by atoms with E-state index in [1.165, 1.54) is 0 Å². The van der Waals surface area contributed by atoms with Crippen molar-refractivity contribution in [3.05, 3.63) is 12.0 Å². The molecule has 0 saturated heterocycles. The Kier molecular flexibility index (Phi) is 2.74. The number of imidazole rings is 1. The molecule has 2 aromatic heterocycles. The normalized spacial score (nSPS) is 11.0. The van der Waals surface area contributed by atoms with Gasteiger partial charge in [0.15, 0.2) is 5.65 Å². The van der Waals surface area contributed by atoms with Crippen LogP contribution in [0.1, 0.15) is 5.69 Å². The molecule has 0 amide bonds. The number of anilines is 1. The highest BCUT2D eigenvalue weighted by molar-refractivity contribution is 5.74. The lowest BCUT2D eigenvalue weighted by atomic mass is 10.4. The van der Waals surface area contributed by atoms with Crippen LogP contribution in [0.25, 0.3) is 11.2 Å². The van der Waals surface area contributed by atoms with Crippen molar-refractivity contribution < 1.29 is 0 Å². The summed E-state index contributed by atoms with van der Waals surface area (Å²) in [6.45, 7) is 3.28. The zero-order valence-electron chi connectivity index (χ0n) is 9.80. The van der Waals surface area contributed by atoms with Gasteiger partial charge in [-0.15, -0.1) is 0 Å². The second-order valence-electron chi connectivity index (χ2n) is 3.85. The highest BCUT2D eigenvalue weighted by atomic mass is 15.3. The lowest BCUT2D eigenvalue weighted by molar-refractivity contribution is 0.844. The molecule has 0 aliphatic heterocycles. The molecule has 2 N–H and O–H groups in total. The Hall–Kier alpha value is -1.69. The van der Waals surface area contributed by atoms with Gasteiger partial charge < -0.3 is 15.2 Å². The number of aromatic nitrogens is 4. The van der Waals surface area contributed by atoms with E-state index in [0.717, 1.165) is 23.4 Å². The van der Waals surface area contributed by atoms with Crippen molar-refractivity contribution >= 4 is 17.1 Å². The first-order chi connectivity index (χ1) is 7.63. The van der Waals surface area contributed by atoms with Gasteiger partial charge in [0.2, 0.25) is 5.95 Å². The third-order valence-corrected chi connectivity index (χ3v) is 2.54. The Balaban J connectivity index is 2.50. The minimum Gasteiger partial charge on any atom is -0.343 e. The highest BCUT2D eigenvalue weighted by Gasteiger charge is 2.11. The van der Waals surface area contributed by atoms with Gasteiger partial charge in [0, 0.05) is 27.2 Å². The number of hydrogen-bond acceptors (Lipinski definition) is 5. The fourth-order valence-electron chi connectivity index (χ4n) is 1.70. The fraction of sp³-hybridized carbons (Fsp3) is 0.500. The van der Waals surface area contributed by atoms with Crippen LogP contribution in [0.5, 0.6) is 0 Å². The molecule has 86 valence electrons. The standard InChI is InChI=1S/C10H16N6/c1-7-8-9(12-6-16(8)3)14-10(13-7)15(2)5-4-11/h6H,4-5,11H2,1-3H3. The maximum absolute atomic E-state index is 5.50. The van der Waals surface area contributed by atoms with Gasteiger partial charge in [-0.3, -0.25) is 0 Å². The number of hydrogen-bond donors (Lipinski definition) is 1. The summed E-state index contributed by atoms with van der Waals surface area (Å²) >= 11 is 0. The number of aryl methyl sites for hydroxylation is 2. The van der Waals surface area contributed by atoms with Gasteiger partial charge in [0.1, 0.15) is 5.52 Å². The van der Waals surface area contributed by atoms with Gasteiger partial charge >= 0.3 is 0 Å². The van der Waals surface area contributed by atoms with Gasteiger partial charge in [-0.2, -0.15) is 4.98 Å². The van der Waals surface area contributed by atoms with Crippen LogP contribution in [0.4, 0.5) is 5.95 Å². The van der Waals surface area contributed by atoms with Crippen molar-refractivity contribution in [1.82, 2.24) is 19.5 Å². The summed E-state index contributed by atoms with van der Waals surface area (Å²) < 4.78 is 1.93. The average molecular weight is 220 g/mol. The summed E-state index contributed by atoms with van der Waals surface area (Å²) in [7, 11) is 3.87. The van der Waals surface area contributed by atoms with Crippen LogP contribution in [0.3, 0.4) is 0 Å². The van der Waals surface area contributed by atoms with Crippen molar-refractivity contribution in [3.63, 3.8) is 0 Å². The van der Waals surface area contributed by atoms with E-state index < -0.39 is 0 Å². The first-order valence-corrected chi connectivity index (χ1v) is 5.20. The number of nitrogens with zero attached hydrogens (tertiary/aromatic N) is 5. The Morgan fingerprint density at radius 3 is 2.88 bits per heavy atom. The van der Waals surface area contributed by atoms with E-state index in [1.807, 2.05) is 30.5 Å². The Morgan fingerprint density at radius 1 is 1.44 bits per heavy atom. The topological polar surface area (TPSA) is 72.9 Å². The predicted molar refractivity (Wildman–Crippen MR) is 63.4 cm³/mol. The van der Waals surface area contributed by atoms with Crippen molar-refractivity contribution in [2.24, 2.45) is 12.8 Å². The zero-order chi connectivity index (χ0) is 11.7. The lowest BCUT2D eigenvalue weighted by Crippen LogP contribution is -2.26. The summed E-state index contributed by atoms with van der Waals surface area (Å²) in [5, 5.41) is 0. The SMILES string of the molecule is Cc1nc(N(C)CCN)nc2ncn(C)c12. The molecule has 16 heavy (non-hydrogen) atoms. The average Bonchev–Trinajstić information content (AvgIpc) is 2.61. The molecular formula is C10H16N6. The molecule has 0 aliphatic carbocycles. The third kappa shape index (κ3) is 1.71. The summed E-state index contributed by atoms with van der Waals surface area (Å²) in [6, 6.07) is 0. The molecule has 0 unspecified atom stereocenters. The summed E-state index contributed by atoms with van der Waals surface area (Å²) in [4.78, 5) is 15.0. The van der Waals surface area contributed by atoms with Crippen LogP contribution in [0.2, 0.25) is 0 Å². The van der Waals surface area contributed by atoms with Crippen molar-refractivity contribution in [3.8, 4) is 0 Å². The van der Waals surface area contributed by atoms with Gasteiger partial charge in [0.05, 0.1) is 12.0 Å². The Bertz CT molecular complexity index is 503. The number of rotatable bonds is 3. The van der Waals surface area contributed by atoms with E-state index in [-0.39, 0.29) is 0 Å². The largest absolute Gasteiger partial charge is 0.343 e. The molecule has 2 heterocycles. The fourth-order valence-corrected chi connectivity index (χ4v) is 1.70. The molecule has 0 aromatic carbocycles. The van der Waals surface area contributed by atoms with E-state index in [1.54, 1.807) is 6.33 Å². The minimum atomic E-state index is 0.583. The maximum Gasteiger partial charge on any atom is 0.227 e. The second-order valence-corrected chi connectivity index (χ2v) is 3.85. The highest BCUT2D eigenvalue weighted by Crippen LogP contribution is 2.16. The molecule has 2 rings (SSSR count). The predicted octanol–water partition coefficient (Wildman–Crippen LogP) is 0.0666. The van der Waals surface area contributed by atoms with Crippen molar-refractivity contribution in [2.45, 2.75) is 6.92 Å². The molecule has 6 heteroatoms. The number of likely N-dealkylation sites (N-methyl/N-ethyl adjacent to an activating group) is 1. The quantitative estimate of drug-likeness (QED) is 0.792. The van der Waals surface area contributed by atoms with Gasteiger partial charge in [-0.25, -0.2) is 9.97 Å².